The number of nitrogens with zero attached hydrogens (tertiary/aromatic N) is 3. The Morgan fingerprint density at radius 2 is 1.71 bits per heavy atom. The summed E-state index contributed by atoms with van der Waals surface area (Å²) in [5, 5.41) is 1.06. The van der Waals surface area contributed by atoms with Crippen LogP contribution in [0.1, 0.15) is 69.8 Å². The summed E-state index contributed by atoms with van der Waals surface area (Å²) >= 11 is 0. The first-order valence-corrected chi connectivity index (χ1v) is 13.7. The van der Waals surface area contributed by atoms with Crippen LogP contribution in [0, 0.1) is 17.8 Å². The van der Waals surface area contributed by atoms with Gasteiger partial charge in [0, 0.05) is 31.6 Å². The summed E-state index contributed by atoms with van der Waals surface area (Å²) in [4.78, 5) is 31.5. The summed E-state index contributed by atoms with van der Waals surface area (Å²) in [6.07, 6.45) is 12.0. The van der Waals surface area contributed by atoms with Crippen molar-refractivity contribution in [2.45, 2.75) is 70.8 Å². The predicted molar refractivity (Wildman–Crippen MR) is 138 cm³/mol. The topological polar surface area (TPSA) is 45.6 Å². The van der Waals surface area contributed by atoms with Gasteiger partial charge in [-0.3, -0.25) is 9.59 Å². The number of rotatable bonds is 8. The van der Waals surface area contributed by atoms with Gasteiger partial charge in [-0.2, -0.15) is 0 Å². The van der Waals surface area contributed by atoms with Crippen LogP contribution < -0.4 is 5.56 Å². The lowest BCUT2D eigenvalue weighted by Gasteiger charge is -2.34. The molecule has 5 nitrogen and oxygen atoms in total. The molecule has 0 radical (unpaired) electrons. The number of pyridine rings is 1. The van der Waals surface area contributed by atoms with Crippen molar-refractivity contribution >= 4 is 16.8 Å². The molecule has 1 aromatic carbocycles. The SMILES string of the molecule is Cn1c(=O)c(CN(CCC2CCN(CC3CC3)CC2)C(=O)C2CCCCC2)cc2ccccc21. The van der Waals surface area contributed by atoms with Gasteiger partial charge in [0.15, 0.2) is 0 Å². The van der Waals surface area contributed by atoms with Crippen LogP contribution in [-0.4, -0.2) is 46.5 Å². The third kappa shape index (κ3) is 5.56. The van der Waals surface area contributed by atoms with Crippen LogP contribution in [0.25, 0.3) is 10.9 Å². The third-order valence-electron chi connectivity index (χ3n) is 8.56. The lowest BCUT2D eigenvalue weighted by Crippen LogP contribution is -2.41. The van der Waals surface area contributed by atoms with Gasteiger partial charge in [0.2, 0.25) is 5.91 Å². The summed E-state index contributed by atoms with van der Waals surface area (Å²) in [6.45, 7) is 4.93. The molecule has 5 rings (SSSR count). The number of piperidine rings is 1. The van der Waals surface area contributed by atoms with Gasteiger partial charge in [0.25, 0.3) is 5.56 Å². The first-order chi connectivity index (χ1) is 16.6. The Balaban J connectivity index is 1.28. The molecule has 2 saturated carbocycles. The molecule has 0 N–H and O–H groups in total. The highest BCUT2D eigenvalue weighted by Crippen LogP contribution is 2.32. The summed E-state index contributed by atoms with van der Waals surface area (Å²) in [5.74, 6) is 2.07. The zero-order chi connectivity index (χ0) is 23.5. The van der Waals surface area contributed by atoms with Gasteiger partial charge in [-0.25, -0.2) is 0 Å². The van der Waals surface area contributed by atoms with E-state index >= 15 is 0 Å². The van der Waals surface area contributed by atoms with Crippen molar-refractivity contribution in [3.05, 3.63) is 46.2 Å². The number of aryl methyl sites for hydroxylation is 1. The number of fused-ring (bicyclic) bond motifs is 1. The van der Waals surface area contributed by atoms with Gasteiger partial charge in [-0.1, -0.05) is 37.5 Å². The molecule has 3 aliphatic rings. The van der Waals surface area contributed by atoms with Gasteiger partial charge in [-0.05, 0) is 87.4 Å². The maximum atomic E-state index is 13.6. The largest absolute Gasteiger partial charge is 0.338 e. The predicted octanol–water partition coefficient (Wildman–Crippen LogP) is 4.96. The summed E-state index contributed by atoms with van der Waals surface area (Å²) < 4.78 is 1.74. The molecule has 2 aromatic rings. The molecule has 1 amide bonds. The number of benzene rings is 1. The molecule has 0 unspecified atom stereocenters. The van der Waals surface area contributed by atoms with Gasteiger partial charge < -0.3 is 14.4 Å². The molecular formula is C29H41N3O2. The molecule has 34 heavy (non-hydrogen) atoms. The molecule has 1 aliphatic heterocycles. The summed E-state index contributed by atoms with van der Waals surface area (Å²) in [5.41, 5.74) is 1.71. The second kappa shape index (κ2) is 10.6. The van der Waals surface area contributed by atoms with Crippen LogP contribution in [-0.2, 0) is 18.4 Å². The van der Waals surface area contributed by atoms with E-state index in [9.17, 15) is 9.59 Å². The second-order valence-corrected chi connectivity index (χ2v) is 11.2. The van der Waals surface area contributed by atoms with Crippen LogP contribution in [0.3, 0.4) is 0 Å². The zero-order valence-electron chi connectivity index (χ0n) is 20.9. The molecule has 2 aliphatic carbocycles. The smallest absolute Gasteiger partial charge is 0.255 e. The van der Waals surface area contributed by atoms with E-state index in [1.54, 1.807) is 4.57 Å². The number of aromatic nitrogens is 1. The van der Waals surface area contributed by atoms with E-state index in [0.29, 0.717) is 12.5 Å². The Morgan fingerprint density at radius 3 is 2.44 bits per heavy atom. The highest BCUT2D eigenvalue weighted by atomic mass is 16.2. The molecule has 1 saturated heterocycles. The van der Waals surface area contributed by atoms with Crippen LogP contribution in [0.15, 0.2) is 35.1 Å². The number of hydrogen-bond donors (Lipinski definition) is 0. The summed E-state index contributed by atoms with van der Waals surface area (Å²) in [6, 6.07) is 10.0. The van der Waals surface area contributed by atoms with Crippen molar-refractivity contribution < 1.29 is 4.79 Å². The quantitative estimate of drug-likeness (QED) is 0.556. The van der Waals surface area contributed by atoms with Crippen molar-refractivity contribution in [1.82, 2.24) is 14.4 Å². The van der Waals surface area contributed by atoms with E-state index in [1.165, 1.54) is 51.7 Å². The lowest BCUT2D eigenvalue weighted by molar-refractivity contribution is -0.137. The first-order valence-electron chi connectivity index (χ1n) is 13.7. The monoisotopic (exact) mass is 463 g/mol. The molecular weight excluding hydrogens is 422 g/mol. The Kier molecular flexibility index (Phi) is 7.38. The second-order valence-electron chi connectivity index (χ2n) is 11.2. The van der Waals surface area contributed by atoms with Crippen LogP contribution in [0.5, 0.6) is 0 Å². The fraction of sp³-hybridized carbons (Fsp3) is 0.655. The van der Waals surface area contributed by atoms with Gasteiger partial charge in [-0.15, -0.1) is 0 Å². The minimum atomic E-state index is 0.0218. The van der Waals surface area contributed by atoms with Crippen molar-refractivity contribution in [3.8, 4) is 0 Å². The van der Waals surface area contributed by atoms with E-state index in [1.807, 2.05) is 36.2 Å². The van der Waals surface area contributed by atoms with Gasteiger partial charge in [0.1, 0.15) is 0 Å². The van der Waals surface area contributed by atoms with Crippen molar-refractivity contribution in [2.24, 2.45) is 24.8 Å². The Bertz CT molecular complexity index is 1040. The average Bonchev–Trinajstić information content (AvgIpc) is 3.70. The number of carbonyl (C=O) groups excluding carboxylic acids is 1. The highest BCUT2D eigenvalue weighted by molar-refractivity contribution is 5.81. The zero-order valence-corrected chi connectivity index (χ0v) is 20.9. The van der Waals surface area contributed by atoms with E-state index < -0.39 is 0 Å². The Morgan fingerprint density at radius 1 is 0.971 bits per heavy atom. The first kappa shape index (κ1) is 23.6. The number of amides is 1. The standard InChI is InChI=1S/C29H41N3O2/c1-30-27-10-6-5-9-25(27)19-26(28(30)33)21-32(29(34)24-7-3-2-4-8-24)18-15-22-13-16-31(17-14-22)20-23-11-12-23/h5-6,9-10,19,22-24H,2-4,7-8,11-18,20-21H2,1H3. The van der Waals surface area contributed by atoms with E-state index in [2.05, 4.69) is 11.0 Å². The fourth-order valence-electron chi connectivity index (χ4n) is 6.14. The van der Waals surface area contributed by atoms with E-state index in [0.717, 1.165) is 61.0 Å². The van der Waals surface area contributed by atoms with Crippen molar-refractivity contribution in [1.29, 1.82) is 0 Å². The average molecular weight is 464 g/mol. The van der Waals surface area contributed by atoms with Gasteiger partial charge in [0.05, 0.1) is 12.1 Å². The fourth-order valence-corrected chi connectivity index (χ4v) is 6.14. The minimum Gasteiger partial charge on any atom is -0.338 e. The highest BCUT2D eigenvalue weighted by Gasteiger charge is 2.29. The normalized spacial score (nSPS) is 20.6. The molecule has 0 spiro atoms. The van der Waals surface area contributed by atoms with Crippen LogP contribution >= 0.6 is 0 Å². The van der Waals surface area contributed by atoms with Crippen molar-refractivity contribution in [3.63, 3.8) is 0 Å². The van der Waals surface area contributed by atoms with Gasteiger partial charge >= 0.3 is 0 Å². The van der Waals surface area contributed by atoms with E-state index in [4.69, 9.17) is 0 Å². The maximum Gasteiger partial charge on any atom is 0.255 e. The molecule has 5 heteroatoms. The van der Waals surface area contributed by atoms with Crippen LogP contribution in [0.4, 0.5) is 0 Å². The maximum absolute atomic E-state index is 13.6. The number of carbonyl (C=O) groups is 1. The minimum absolute atomic E-state index is 0.0218. The number of likely N-dealkylation sites (tertiary alicyclic amines) is 1. The molecule has 0 bridgehead atoms. The lowest BCUT2D eigenvalue weighted by atomic mass is 9.87. The molecule has 2 heterocycles. The van der Waals surface area contributed by atoms with Crippen molar-refractivity contribution in [2.75, 3.05) is 26.2 Å². The Labute approximate surface area is 204 Å². The summed E-state index contributed by atoms with van der Waals surface area (Å²) in [7, 11) is 1.84. The molecule has 0 atom stereocenters. The number of para-hydroxylation sites is 1. The van der Waals surface area contributed by atoms with E-state index in [-0.39, 0.29) is 17.4 Å². The molecule has 3 fully saturated rings. The Hall–Kier alpha value is -2.14. The number of hydrogen-bond acceptors (Lipinski definition) is 3. The third-order valence-corrected chi connectivity index (χ3v) is 8.56. The van der Waals surface area contributed by atoms with Crippen LogP contribution in [0.2, 0.25) is 0 Å². The molecule has 184 valence electrons. The molecule has 1 aromatic heterocycles.